The molecular formula is C22H40N2O19S. The van der Waals surface area contributed by atoms with Crippen molar-refractivity contribution in [3.8, 4) is 0 Å². The Labute approximate surface area is 250 Å². The fraction of sp³-hybridized carbons (Fsp3) is 0.909. The van der Waals surface area contributed by atoms with Gasteiger partial charge >= 0.3 is 10.4 Å². The maximum Gasteiger partial charge on any atom is 0.397 e. The zero-order valence-corrected chi connectivity index (χ0v) is 24.3. The van der Waals surface area contributed by atoms with Gasteiger partial charge in [0.1, 0.15) is 67.1 Å². The summed E-state index contributed by atoms with van der Waals surface area (Å²) in [6, 6.07) is -3.22. The van der Waals surface area contributed by atoms with Crippen LogP contribution >= 0.6 is 0 Å². The molecule has 0 aromatic rings. The van der Waals surface area contributed by atoms with Gasteiger partial charge in [0.25, 0.3) is 0 Å². The topological polar surface area (TPSA) is 341 Å². The highest BCUT2D eigenvalue weighted by molar-refractivity contribution is 7.80. The highest BCUT2D eigenvalue weighted by Gasteiger charge is 2.53. The van der Waals surface area contributed by atoms with Crippen molar-refractivity contribution in [3.63, 3.8) is 0 Å². The van der Waals surface area contributed by atoms with Crippen molar-refractivity contribution in [2.24, 2.45) is 0 Å². The molecule has 21 nitrogen and oxygen atoms in total. The zero-order chi connectivity index (χ0) is 33.5. The second-order valence-electron chi connectivity index (χ2n) is 10.1. The third kappa shape index (κ3) is 10.1. The molecule has 0 unspecified atom stereocenters. The fourth-order valence-electron chi connectivity index (χ4n) is 4.60. The molecule has 22 heteroatoms. The summed E-state index contributed by atoms with van der Waals surface area (Å²) in [6.07, 6.45) is -22.7. The van der Waals surface area contributed by atoms with Crippen molar-refractivity contribution in [1.82, 2.24) is 10.6 Å². The number of hydrogen-bond donors (Lipinski definition) is 12. The lowest BCUT2D eigenvalue weighted by atomic mass is 9.95. The van der Waals surface area contributed by atoms with Gasteiger partial charge in [0.05, 0.1) is 32.5 Å². The molecule has 0 aromatic heterocycles. The van der Waals surface area contributed by atoms with E-state index in [1.807, 2.05) is 0 Å². The van der Waals surface area contributed by atoms with E-state index in [2.05, 4.69) is 14.8 Å². The van der Waals surface area contributed by atoms with Crippen molar-refractivity contribution < 1.29 is 91.6 Å². The molecule has 0 aromatic carbocycles. The second kappa shape index (κ2) is 16.7. The van der Waals surface area contributed by atoms with Gasteiger partial charge in [-0.05, 0) is 0 Å². The summed E-state index contributed by atoms with van der Waals surface area (Å²) in [5, 5.41) is 95.8. The Hall–Kier alpha value is -1.71. The summed E-state index contributed by atoms with van der Waals surface area (Å²) in [5.41, 5.74) is 0. The SMILES string of the molecule is CC(=O)N[C@H]1[C@H](O[C@@H]([C@@H](O)[C@H](O)CO)[C@H](CO)NC(C)=O)O[C@H](COS(=O)(=O)O)[C@@H](O[C@@H]2O[C@H](CO)[C@H](O)[C@H](O)[C@H]2O)[C@@H]1O. The van der Waals surface area contributed by atoms with Crippen LogP contribution in [0.15, 0.2) is 0 Å². The molecular weight excluding hydrogens is 628 g/mol. The van der Waals surface area contributed by atoms with Gasteiger partial charge in [-0.2, -0.15) is 8.42 Å². The van der Waals surface area contributed by atoms with Crippen molar-refractivity contribution in [1.29, 1.82) is 0 Å². The Kier molecular flexibility index (Phi) is 14.6. The summed E-state index contributed by atoms with van der Waals surface area (Å²) in [7, 11) is -5.16. The molecule has 2 aliphatic heterocycles. The molecule has 258 valence electrons. The van der Waals surface area contributed by atoms with Crippen LogP contribution in [0, 0.1) is 0 Å². The first kappa shape index (κ1) is 38.5. The maximum absolute atomic E-state index is 12.1. The fourth-order valence-corrected chi connectivity index (χ4v) is 4.91. The highest BCUT2D eigenvalue weighted by Crippen LogP contribution is 2.31. The van der Waals surface area contributed by atoms with Crippen LogP contribution in [-0.4, -0.2) is 183 Å². The predicted molar refractivity (Wildman–Crippen MR) is 137 cm³/mol. The van der Waals surface area contributed by atoms with E-state index < -0.39 is 134 Å². The first-order valence-electron chi connectivity index (χ1n) is 13.1. The number of carbonyl (C=O) groups excluding carboxylic acids is 2. The number of carbonyl (C=O) groups is 2. The molecule has 0 saturated carbocycles. The van der Waals surface area contributed by atoms with Crippen LogP contribution in [0.1, 0.15) is 13.8 Å². The van der Waals surface area contributed by atoms with E-state index >= 15 is 0 Å². The molecule has 2 heterocycles. The lowest BCUT2D eigenvalue weighted by molar-refractivity contribution is -0.353. The van der Waals surface area contributed by atoms with Crippen molar-refractivity contribution in [2.45, 2.75) is 99.6 Å². The molecule has 2 fully saturated rings. The quantitative estimate of drug-likeness (QED) is 0.0721. The van der Waals surface area contributed by atoms with Crippen LogP contribution in [0.25, 0.3) is 0 Å². The van der Waals surface area contributed by atoms with E-state index in [4.69, 9.17) is 23.5 Å². The predicted octanol–water partition coefficient (Wildman–Crippen LogP) is -7.82. The number of aliphatic hydroxyl groups is 9. The summed E-state index contributed by atoms with van der Waals surface area (Å²) in [4.78, 5) is 23.8. The van der Waals surface area contributed by atoms with Gasteiger partial charge in [-0.1, -0.05) is 0 Å². The van der Waals surface area contributed by atoms with Crippen molar-refractivity contribution in [3.05, 3.63) is 0 Å². The molecule has 0 spiro atoms. The smallest absolute Gasteiger partial charge is 0.394 e. The monoisotopic (exact) mass is 668 g/mol. The van der Waals surface area contributed by atoms with E-state index in [9.17, 15) is 64.0 Å². The van der Waals surface area contributed by atoms with Gasteiger partial charge < -0.3 is 75.5 Å². The molecule has 2 rings (SSSR count). The molecule has 2 amide bonds. The first-order chi connectivity index (χ1) is 20.4. The van der Waals surface area contributed by atoms with E-state index in [0.29, 0.717) is 0 Å². The van der Waals surface area contributed by atoms with E-state index in [0.717, 1.165) is 13.8 Å². The Bertz CT molecular complexity index is 1030. The third-order valence-corrected chi connectivity index (χ3v) is 7.19. The minimum atomic E-state index is -5.16. The number of aliphatic hydroxyl groups excluding tert-OH is 9. The molecule has 2 saturated heterocycles. The van der Waals surface area contributed by atoms with Gasteiger partial charge in [0, 0.05) is 13.8 Å². The molecule has 2 aliphatic rings. The normalized spacial score (nSPS) is 35.7. The second-order valence-corrected chi connectivity index (χ2v) is 11.2. The molecule has 44 heavy (non-hydrogen) atoms. The van der Waals surface area contributed by atoms with Crippen LogP contribution < -0.4 is 10.6 Å². The van der Waals surface area contributed by atoms with Crippen LogP contribution in [-0.2, 0) is 43.1 Å². The number of hydrogen-bond acceptors (Lipinski definition) is 18. The van der Waals surface area contributed by atoms with Gasteiger partial charge in [0.15, 0.2) is 12.6 Å². The number of rotatable bonds is 15. The number of nitrogens with one attached hydrogen (secondary N) is 2. The average Bonchev–Trinajstić information content (AvgIpc) is 2.95. The van der Waals surface area contributed by atoms with Gasteiger partial charge in [0.2, 0.25) is 11.8 Å². The Morgan fingerprint density at radius 1 is 0.864 bits per heavy atom. The Balaban J connectivity index is 2.52. The van der Waals surface area contributed by atoms with Crippen LogP contribution in [0.2, 0.25) is 0 Å². The maximum atomic E-state index is 12.1. The Morgan fingerprint density at radius 3 is 1.98 bits per heavy atom. The lowest BCUT2D eigenvalue weighted by Gasteiger charge is -2.48. The number of amides is 2. The average molecular weight is 669 g/mol. The minimum absolute atomic E-state index is 0.737. The van der Waals surface area contributed by atoms with Gasteiger partial charge in [-0.25, -0.2) is 4.18 Å². The van der Waals surface area contributed by atoms with Gasteiger partial charge in [-0.15, -0.1) is 0 Å². The zero-order valence-electron chi connectivity index (χ0n) is 23.5. The molecule has 14 atom stereocenters. The van der Waals surface area contributed by atoms with Crippen LogP contribution in [0.4, 0.5) is 0 Å². The summed E-state index contributed by atoms with van der Waals surface area (Å²) >= 11 is 0. The number of ether oxygens (including phenoxy) is 4. The molecule has 0 radical (unpaired) electrons. The van der Waals surface area contributed by atoms with E-state index in [1.54, 1.807) is 0 Å². The van der Waals surface area contributed by atoms with Crippen molar-refractivity contribution in [2.75, 3.05) is 26.4 Å². The summed E-state index contributed by atoms with van der Waals surface area (Å²) < 4.78 is 58.4. The van der Waals surface area contributed by atoms with Crippen LogP contribution in [0.5, 0.6) is 0 Å². The van der Waals surface area contributed by atoms with Gasteiger partial charge in [-0.3, -0.25) is 14.1 Å². The lowest BCUT2D eigenvalue weighted by Crippen LogP contribution is -2.69. The minimum Gasteiger partial charge on any atom is -0.394 e. The van der Waals surface area contributed by atoms with Crippen molar-refractivity contribution >= 4 is 22.2 Å². The van der Waals surface area contributed by atoms with Crippen LogP contribution in [0.3, 0.4) is 0 Å². The first-order valence-corrected chi connectivity index (χ1v) is 14.5. The molecule has 0 bridgehead atoms. The molecule has 0 aliphatic carbocycles. The standard InChI is InChI=1S/C22H40N2O19S/c1-7(28)23-9(3-25)19(14(31)10(30)4-26)42-21-13(24-8(2)29)16(33)20(12(41-21)6-39-44(36,37)38)43-22-18(35)17(34)15(32)11(5-27)40-22/h9-22,25-27,30-35H,3-6H2,1-2H3,(H,23,28)(H,24,29)(H,36,37,38)/t9-,10+,11+,12+,13+,14-,15-,16+,17-,18+,19+,20+,21-,22-/m0/s1. The Morgan fingerprint density at radius 2 is 1.48 bits per heavy atom. The highest BCUT2D eigenvalue weighted by atomic mass is 32.3. The summed E-state index contributed by atoms with van der Waals surface area (Å²) in [5.74, 6) is -1.56. The largest absolute Gasteiger partial charge is 0.397 e. The van der Waals surface area contributed by atoms with E-state index in [1.165, 1.54) is 0 Å². The third-order valence-electron chi connectivity index (χ3n) is 6.76. The van der Waals surface area contributed by atoms with E-state index in [-0.39, 0.29) is 0 Å². The molecule has 12 N–H and O–H groups in total. The summed E-state index contributed by atoms with van der Waals surface area (Å²) in [6.45, 7) is -1.91.